The Labute approximate surface area is 147 Å². The minimum atomic E-state index is -0.461. The summed E-state index contributed by atoms with van der Waals surface area (Å²) in [7, 11) is 0. The molecule has 0 radical (unpaired) electrons. The summed E-state index contributed by atoms with van der Waals surface area (Å²) in [5.74, 6) is 0.627. The summed E-state index contributed by atoms with van der Waals surface area (Å²) >= 11 is 0. The molecule has 7 nitrogen and oxygen atoms in total. The Hall–Kier alpha value is -2.18. The fraction of sp³-hybridized carbons (Fsp3) is 0.667. The van der Waals surface area contributed by atoms with Gasteiger partial charge in [0.1, 0.15) is 5.56 Å². The first-order valence-corrected chi connectivity index (χ1v) is 9.10. The lowest BCUT2D eigenvalue weighted by atomic mass is 9.82. The monoisotopic (exact) mass is 346 g/mol. The minimum absolute atomic E-state index is 0.0344. The van der Waals surface area contributed by atoms with Crippen molar-refractivity contribution in [3.63, 3.8) is 0 Å². The molecule has 1 aliphatic carbocycles. The van der Waals surface area contributed by atoms with E-state index < -0.39 is 5.56 Å². The molecule has 2 heterocycles. The second kappa shape index (κ2) is 7.37. The molecule has 1 aromatic heterocycles. The first-order chi connectivity index (χ1) is 12.0. The van der Waals surface area contributed by atoms with Crippen molar-refractivity contribution in [1.82, 2.24) is 20.0 Å². The van der Waals surface area contributed by atoms with Crippen molar-refractivity contribution in [1.29, 1.82) is 0 Å². The van der Waals surface area contributed by atoms with E-state index in [0.29, 0.717) is 31.6 Å². The first-order valence-electron chi connectivity index (χ1n) is 9.10. The van der Waals surface area contributed by atoms with E-state index in [1.165, 1.54) is 25.5 Å². The van der Waals surface area contributed by atoms with Crippen LogP contribution in [-0.4, -0.2) is 57.5 Å². The van der Waals surface area contributed by atoms with Gasteiger partial charge in [-0.3, -0.25) is 14.4 Å². The Morgan fingerprint density at radius 1 is 1.32 bits per heavy atom. The van der Waals surface area contributed by atoms with Crippen molar-refractivity contribution < 1.29 is 9.59 Å². The molecule has 3 rings (SSSR count). The van der Waals surface area contributed by atoms with E-state index in [4.69, 9.17) is 0 Å². The number of amides is 2. The molecule has 0 aromatic carbocycles. The average Bonchev–Trinajstić information content (AvgIpc) is 2.52. The second-order valence-corrected chi connectivity index (χ2v) is 7.28. The lowest BCUT2D eigenvalue weighted by Crippen LogP contribution is -2.56. The summed E-state index contributed by atoms with van der Waals surface area (Å²) < 4.78 is 0. The molecule has 0 bridgehead atoms. The van der Waals surface area contributed by atoms with Gasteiger partial charge < -0.3 is 9.80 Å². The van der Waals surface area contributed by atoms with Crippen molar-refractivity contribution in [3.05, 3.63) is 27.7 Å². The van der Waals surface area contributed by atoms with Crippen LogP contribution in [-0.2, 0) is 4.79 Å². The van der Waals surface area contributed by atoms with Crippen LogP contribution >= 0.6 is 0 Å². The van der Waals surface area contributed by atoms with Crippen molar-refractivity contribution in [2.45, 2.75) is 52.0 Å². The molecule has 25 heavy (non-hydrogen) atoms. The summed E-state index contributed by atoms with van der Waals surface area (Å²) in [5, 5.41) is 6.03. The van der Waals surface area contributed by atoms with E-state index in [-0.39, 0.29) is 23.4 Å². The SMILES string of the molecule is Cc1cn[nH]c(=O)c1C(=O)N1CCN(C(=O)CCC2CCC2)C(C)C1. The molecular formula is C18H26N4O3. The van der Waals surface area contributed by atoms with E-state index in [1.54, 1.807) is 11.8 Å². The number of carbonyl (C=O) groups excluding carboxylic acids is 2. The average molecular weight is 346 g/mol. The van der Waals surface area contributed by atoms with Crippen LogP contribution in [0.25, 0.3) is 0 Å². The summed E-state index contributed by atoms with van der Waals surface area (Å²) in [4.78, 5) is 40.6. The highest BCUT2D eigenvalue weighted by Crippen LogP contribution is 2.30. The number of rotatable bonds is 4. The zero-order chi connectivity index (χ0) is 18.0. The van der Waals surface area contributed by atoms with Gasteiger partial charge in [-0.25, -0.2) is 5.10 Å². The van der Waals surface area contributed by atoms with Gasteiger partial charge in [0.25, 0.3) is 11.5 Å². The van der Waals surface area contributed by atoms with Crippen molar-refractivity contribution in [2.24, 2.45) is 5.92 Å². The van der Waals surface area contributed by atoms with Gasteiger partial charge in [0.2, 0.25) is 5.91 Å². The Morgan fingerprint density at radius 3 is 2.68 bits per heavy atom. The zero-order valence-corrected chi connectivity index (χ0v) is 15.0. The molecule has 1 saturated heterocycles. The van der Waals surface area contributed by atoms with Crippen LogP contribution in [0.1, 0.15) is 54.9 Å². The van der Waals surface area contributed by atoms with Gasteiger partial charge in [0, 0.05) is 32.1 Å². The molecule has 2 fully saturated rings. The van der Waals surface area contributed by atoms with Gasteiger partial charge in [-0.1, -0.05) is 19.3 Å². The number of H-pyrrole nitrogens is 1. The quantitative estimate of drug-likeness (QED) is 0.891. The van der Waals surface area contributed by atoms with Crippen LogP contribution in [0, 0.1) is 12.8 Å². The van der Waals surface area contributed by atoms with E-state index in [1.807, 2.05) is 11.8 Å². The maximum Gasteiger partial charge on any atom is 0.277 e. The van der Waals surface area contributed by atoms with Gasteiger partial charge in [-0.05, 0) is 31.7 Å². The molecule has 1 unspecified atom stereocenters. The van der Waals surface area contributed by atoms with Crippen LogP contribution in [0.15, 0.2) is 11.0 Å². The smallest absolute Gasteiger partial charge is 0.277 e. The van der Waals surface area contributed by atoms with Crippen LogP contribution in [0.3, 0.4) is 0 Å². The number of nitrogens with one attached hydrogen (secondary N) is 1. The fourth-order valence-corrected chi connectivity index (χ4v) is 3.68. The maximum absolute atomic E-state index is 12.7. The van der Waals surface area contributed by atoms with Gasteiger partial charge in [0.15, 0.2) is 0 Å². The lowest BCUT2D eigenvalue weighted by molar-refractivity contribution is -0.135. The molecule has 1 aromatic rings. The van der Waals surface area contributed by atoms with Gasteiger partial charge in [-0.15, -0.1) is 0 Å². The predicted octanol–water partition coefficient (Wildman–Crippen LogP) is 1.33. The molecule has 0 spiro atoms. The summed E-state index contributed by atoms with van der Waals surface area (Å²) in [6.07, 6.45) is 6.88. The van der Waals surface area contributed by atoms with E-state index in [0.717, 1.165) is 12.3 Å². The highest BCUT2D eigenvalue weighted by molar-refractivity contribution is 5.95. The normalized spacial score (nSPS) is 21.1. The van der Waals surface area contributed by atoms with Gasteiger partial charge >= 0.3 is 0 Å². The van der Waals surface area contributed by atoms with E-state index in [9.17, 15) is 14.4 Å². The molecule has 7 heteroatoms. The number of aromatic nitrogens is 2. The largest absolute Gasteiger partial charge is 0.336 e. The zero-order valence-electron chi connectivity index (χ0n) is 15.0. The highest BCUT2D eigenvalue weighted by atomic mass is 16.2. The van der Waals surface area contributed by atoms with Gasteiger partial charge in [-0.2, -0.15) is 5.10 Å². The van der Waals surface area contributed by atoms with Crippen LogP contribution in [0.5, 0.6) is 0 Å². The van der Waals surface area contributed by atoms with Crippen LogP contribution in [0.4, 0.5) is 0 Å². The third-order valence-corrected chi connectivity index (χ3v) is 5.49. The molecule has 2 amide bonds. The van der Waals surface area contributed by atoms with E-state index in [2.05, 4.69) is 10.2 Å². The Bertz CT molecular complexity index is 711. The number of aryl methyl sites for hydroxylation is 1. The molecule has 1 aliphatic heterocycles. The standard InChI is InChI=1S/C18H26N4O3/c1-12-10-19-20-17(24)16(12)18(25)21-8-9-22(13(2)11-21)15(23)7-6-14-4-3-5-14/h10,13-14H,3-9,11H2,1-2H3,(H,20,24). The summed E-state index contributed by atoms with van der Waals surface area (Å²) in [5.41, 5.74) is 0.254. The Balaban J connectivity index is 1.60. The third-order valence-electron chi connectivity index (χ3n) is 5.49. The maximum atomic E-state index is 12.7. The number of hydrogen-bond acceptors (Lipinski definition) is 4. The topological polar surface area (TPSA) is 86.4 Å². The Kier molecular flexibility index (Phi) is 5.20. The molecule has 136 valence electrons. The number of carbonyl (C=O) groups is 2. The number of piperazine rings is 1. The molecule has 2 aliphatic rings. The van der Waals surface area contributed by atoms with Gasteiger partial charge in [0.05, 0.1) is 6.20 Å². The number of aromatic amines is 1. The first kappa shape index (κ1) is 17.6. The summed E-state index contributed by atoms with van der Waals surface area (Å²) in [6.45, 7) is 5.11. The molecule has 1 saturated carbocycles. The lowest BCUT2D eigenvalue weighted by Gasteiger charge is -2.40. The Morgan fingerprint density at radius 2 is 2.08 bits per heavy atom. The van der Waals surface area contributed by atoms with Crippen molar-refractivity contribution >= 4 is 11.8 Å². The van der Waals surface area contributed by atoms with Crippen molar-refractivity contribution in [2.75, 3.05) is 19.6 Å². The van der Waals surface area contributed by atoms with E-state index >= 15 is 0 Å². The minimum Gasteiger partial charge on any atom is -0.336 e. The number of hydrogen-bond donors (Lipinski definition) is 1. The number of nitrogens with zero attached hydrogens (tertiary/aromatic N) is 3. The van der Waals surface area contributed by atoms with Crippen LogP contribution < -0.4 is 5.56 Å². The third kappa shape index (κ3) is 3.75. The second-order valence-electron chi connectivity index (χ2n) is 7.28. The molecule has 1 atom stereocenters. The summed E-state index contributed by atoms with van der Waals surface area (Å²) in [6, 6.07) is -0.0344. The molecular weight excluding hydrogens is 320 g/mol. The molecule has 1 N–H and O–H groups in total. The fourth-order valence-electron chi connectivity index (χ4n) is 3.68. The van der Waals surface area contributed by atoms with Crippen LogP contribution in [0.2, 0.25) is 0 Å². The highest BCUT2D eigenvalue weighted by Gasteiger charge is 2.32. The van der Waals surface area contributed by atoms with Crippen molar-refractivity contribution in [3.8, 4) is 0 Å². The predicted molar refractivity (Wildman–Crippen MR) is 93.2 cm³/mol.